The molecule has 1 fully saturated rings. The first-order valence-electron chi connectivity index (χ1n) is 5.86. The van der Waals surface area contributed by atoms with Gasteiger partial charge < -0.3 is 10.0 Å². The lowest BCUT2D eigenvalue weighted by molar-refractivity contribution is -0.140. The first kappa shape index (κ1) is 13.0. The van der Waals surface area contributed by atoms with Gasteiger partial charge in [0.15, 0.2) is 0 Å². The van der Waals surface area contributed by atoms with Gasteiger partial charge in [-0.3, -0.25) is 4.79 Å². The lowest BCUT2D eigenvalue weighted by Crippen LogP contribution is -2.46. The van der Waals surface area contributed by atoms with Crippen molar-refractivity contribution < 1.29 is 9.90 Å². The minimum atomic E-state index is -0.988. The van der Waals surface area contributed by atoms with Crippen LogP contribution >= 0.6 is 0 Å². The van der Waals surface area contributed by atoms with Crippen LogP contribution in [0.4, 0.5) is 0 Å². The van der Waals surface area contributed by atoms with E-state index in [1.165, 1.54) is 0 Å². The van der Waals surface area contributed by atoms with Gasteiger partial charge in [0.05, 0.1) is 12.7 Å². The zero-order valence-corrected chi connectivity index (χ0v) is 10.1. The Labute approximate surface area is 96.9 Å². The van der Waals surface area contributed by atoms with E-state index in [0.717, 1.165) is 25.7 Å². The molecule has 90 valence electrons. The van der Waals surface area contributed by atoms with Gasteiger partial charge in [-0.25, -0.2) is 0 Å². The Morgan fingerprint density at radius 2 is 2.06 bits per heavy atom. The number of hydrogen-bond donors (Lipinski definition) is 1. The fourth-order valence-electron chi connectivity index (χ4n) is 2.18. The fraction of sp³-hybridized carbons (Fsp3) is 0.833. The Morgan fingerprint density at radius 3 is 2.50 bits per heavy atom. The number of amides is 1. The summed E-state index contributed by atoms with van der Waals surface area (Å²) in [6, 6.07) is 2.25. The second-order valence-electron chi connectivity index (χ2n) is 4.90. The highest BCUT2D eigenvalue weighted by Gasteiger charge is 2.36. The lowest BCUT2D eigenvalue weighted by atomic mass is 9.93. The fourth-order valence-corrected chi connectivity index (χ4v) is 2.18. The maximum atomic E-state index is 12.2. The van der Waals surface area contributed by atoms with E-state index in [2.05, 4.69) is 0 Å². The molecule has 4 nitrogen and oxygen atoms in total. The minimum absolute atomic E-state index is 0.0379. The molecule has 0 aromatic carbocycles. The molecule has 16 heavy (non-hydrogen) atoms. The molecule has 0 heterocycles. The molecule has 1 rings (SSSR count). The molecule has 0 radical (unpaired) electrons. The van der Waals surface area contributed by atoms with E-state index in [-0.39, 0.29) is 18.6 Å². The van der Waals surface area contributed by atoms with Crippen LogP contribution in [0, 0.1) is 16.7 Å². The van der Waals surface area contributed by atoms with E-state index in [1.54, 1.807) is 18.7 Å². The van der Waals surface area contributed by atoms with Crippen LogP contribution in [0.5, 0.6) is 0 Å². The van der Waals surface area contributed by atoms with Gasteiger partial charge in [0, 0.05) is 12.6 Å². The standard InChI is InChI=1S/C12H20N2O2/c1-12(2,9-13)11(16)14(7-8-15)10-5-3-4-6-10/h10,15H,3-8H2,1-2H3. The molecule has 0 saturated heterocycles. The van der Waals surface area contributed by atoms with Gasteiger partial charge in [0.2, 0.25) is 5.91 Å². The quantitative estimate of drug-likeness (QED) is 0.782. The Morgan fingerprint density at radius 1 is 1.50 bits per heavy atom. The monoisotopic (exact) mass is 224 g/mol. The van der Waals surface area contributed by atoms with Crippen molar-refractivity contribution in [1.29, 1.82) is 5.26 Å². The molecular formula is C12H20N2O2. The number of aliphatic hydroxyl groups excluding tert-OH is 1. The van der Waals surface area contributed by atoms with Crippen molar-refractivity contribution in [2.24, 2.45) is 5.41 Å². The van der Waals surface area contributed by atoms with Gasteiger partial charge in [0.25, 0.3) is 0 Å². The second kappa shape index (κ2) is 5.31. The topological polar surface area (TPSA) is 64.3 Å². The molecule has 0 unspecified atom stereocenters. The number of hydrogen-bond acceptors (Lipinski definition) is 3. The molecule has 1 N–H and O–H groups in total. The SMILES string of the molecule is CC(C)(C#N)C(=O)N(CCO)C1CCCC1. The van der Waals surface area contributed by atoms with Crippen molar-refractivity contribution in [3.8, 4) is 6.07 Å². The predicted molar refractivity (Wildman–Crippen MR) is 60.4 cm³/mol. The molecule has 1 aliphatic rings. The highest BCUT2D eigenvalue weighted by molar-refractivity contribution is 5.84. The molecule has 0 aromatic heterocycles. The summed E-state index contributed by atoms with van der Waals surface area (Å²) in [6.07, 6.45) is 4.25. The van der Waals surface area contributed by atoms with Crippen LogP contribution in [-0.4, -0.2) is 35.1 Å². The van der Waals surface area contributed by atoms with Gasteiger partial charge in [-0.15, -0.1) is 0 Å². The maximum absolute atomic E-state index is 12.2. The van der Waals surface area contributed by atoms with Crippen LogP contribution in [0.3, 0.4) is 0 Å². The zero-order chi connectivity index (χ0) is 12.2. The van der Waals surface area contributed by atoms with Crippen molar-refractivity contribution in [1.82, 2.24) is 4.90 Å². The molecule has 0 bridgehead atoms. The molecule has 0 spiro atoms. The maximum Gasteiger partial charge on any atom is 0.242 e. The third kappa shape index (κ3) is 2.73. The van der Waals surface area contributed by atoms with E-state index in [0.29, 0.717) is 6.54 Å². The number of carbonyl (C=O) groups is 1. The first-order valence-corrected chi connectivity index (χ1v) is 5.86. The Hall–Kier alpha value is -1.08. The smallest absolute Gasteiger partial charge is 0.242 e. The van der Waals surface area contributed by atoms with Gasteiger partial charge in [-0.1, -0.05) is 12.8 Å². The second-order valence-corrected chi connectivity index (χ2v) is 4.90. The largest absolute Gasteiger partial charge is 0.395 e. The predicted octanol–water partition coefficient (Wildman–Crippen LogP) is 1.30. The summed E-state index contributed by atoms with van der Waals surface area (Å²) in [6.45, 7) is 3.57. The van der Waals surface area contributed by atoms with Crippen molar-refractivity contribution in [2.45, 2.75) is 45.6 Å². The summed E-state index contributed by atoms with van der Waals surface area (Å²) < 4.78 is 0. The zero-order valence-electron chi connectivity index (χ0n) is 10.1. The highest BCUT2D eigenvalue weighted by atomic mass is 16.3. The summed E-state index contributed by atoms with van der Waals surface area (Å²) in [4.78, 5) is 13.9. The number of carbonyl (C=O) groups excluding carboxylic acids is 1. The molecular weight excluding hydrogens is 204 g/mol. The Bertz CT molecular complexity index is 288. The third-order valence-corrected chi connectivity index (χ3v) is 3.18. The van der Waals surface area contributed by atoms with Crippen LogP contribution in [0.25, 0.3) is 0 Å². The van der Waals surface area contributed by atoms with E-state index >= 15 is 0 Å². The number of aliphatic hydroxyl groups is 1. The molecule has 1 saturated carbocycles. The first-order chi connectivity index (χ1) is 7.53. The number of nitrogens with zero attached hydrogens (tertiary/aromatic N) is 2. The molecule has 1 aliphatic carbocycles. The van der Waals surface area contributed by atoms with Gasteiger partial charge in [-0.05, 0) is 26.7 Å². The summed E-state index contributed by atoms with van der Waals surface area (Å²) in [5, 5.41) is 18.0. The van der Waals surface area contributed by atoms with Gasteiger partial charge >= 0.3 is 0 Å². The van der Waals surface area contributed by atoms with Crippen LogP contribution in [0.15, 0.2) is 0 Å². The van der Waals surface area contributed by atoms with Crippen molar-refractivity contribution >= 4 is 5.91 Å². The molecule has 0 aromatic rings. The molecule has 1 amide bonds. The van der Waals surface area contributed by atoms with Crippen LogP contribution in [-0.2, 0) is 4.79 Å². The average molecular weight is 224 g/mol. The summed E-state index contributed by atoms with van der Waals surface area (Å²) in [7, 11) is 0. The van der Waals surface area contributed by atoms with E-state index in [4.69, 9.17) is 10.4 Å². The highest BCUT2D eigenvalue weighted by Crippen LogP contribution is 2.27. The van der Waals surface area contributed by atoms with Crippen molar-refractivity contribution in [2.75, 3.05) is 13.2 Å². The average Bonchev–Trinajstić information content (AvgIpc) is 2.78. The normalized spacial score (nSPS) is 17.1. The molecule has 4 heteroatoms. The minimum Gasteiger partial charge on any atom is -0.395 e. The summed E-state index contributed by atoms with van der Waals surface area (Å²) in [5.41, 5.74) is -0.988. The van der Waals surface area contributed by atoms with E-state index in [9.17, 15) is 4.79 Å². The van der Waals surface area contributed by atoms with Gasteiger partial charge in [-0.2, -0.15) is 5.26 Å². The number of nitriles is 1. The number of rotatable bonds is 4. The Kier molecular flexibility index (Phi) is 4.31. The summed E-state index contributed by atoms with van der Waals surface area (Å²) in [5.74, 6) is -0.157. The molecule has 0 aliphatic heterocycles. The third-order valence-electron chi connectivity index (χ3n) is 3.18. The van der Waals surface area contributed by atoms with Crippen LogP contribution in [0.1, 0.15) is 39.5 Å². The summed E-state index contributed by atoms with van der Waals surface area (Å²) >= 11 is 0. The van der Waals surface area contributed by atoms with Crippen LogP contribution in [0.2, 0.25) is 0 Å². The Balaban J connectivity index is 2.77. The van der Waals surface area contributed by atoms with E-state index < -0.39 is 5.41 Å². The van der Waals surface area contributed by atoms with Crippen molar-refractivity contribution in [3.05, 3.63) is 0 Å². The van der Waals surface area contributed by atoms with Crippen molar-refractivity contribution in [3.63, 3.8) is 0 Å². The van der Waals surface area contributed by atoms with Gasteiger partial charge in [0.1, 0.15) is 5.41 Å². The van der Waals surface area contributed by atoms with E-state index in [1.807, 2.05) is 6.07 Å². The van der Waals surface area contributed by atoms with Crippen LogP contribution < -0.4 is 0 Å². The lowest BCUT2D eigenvalue weighted by Gasteiger charge is -2.32. The molecule has 0 atom stereocenters.